The van der Waals surface area contributed by atoms with Crippen molar-refractivity contribution < 1.29 is 23.1 Å². The molecule has 26 heavy (non-hydrogen) atoms. The highest BCUT2D eigenvalue weighted by Gasteiger charge is 2.25. The van der Waals surface area contributed by atoms with Crippen LogP contribution >= 0.6 is 11.3 Å². The van der Waals surface area contributed by atoms with Gasteiger partial charge in [0.15, 0.2) is 12.7 Å². The smallest absolute Gasteiger partial charge is 0.320 e. The van der Waals surface area contributed by atoms with E-state index in [1.807, 2.05) is 13.8 Å². The van der Waals surface area contributed by atoms with Crippen molar-refractivity contribution in [2.75, 3.05) is 0 Å². The third-order valence-electron chi connectivity index (χ3n) is 3.98. The lowest BCUT2D eigenvalue weighted by atomic mass is 9.97. The van der Waals surface area contributed by atoms with Gasteiger partial charge in [-0.3, -0.25) is 9.59 Å². The number of ether oxygens (including phenoxy) is 1. The summed E-state index contributed by atoms with van der Waals surface area (Å²) in [7, 11) is 0. The first-order valence-electron chi connectivity index (χ1n) is 8.00. The fraction of sp³-hybridized carbons (Fsp3) is 0.211. The van der Waals surface area contributed by atoms with E-state index in [9.17, 15) is 14.0 Å². The normalized spacial score (nSPS) is 12.0. The molecule has 0 fully saturated rings. The Morgan fingerprint density at radius 3 is 2.73 bits per heavy atom. The van der Waals surface area contributed by atoms with Crippen LogP contribution < -0.4 is 4.74 Å². The number of carbonyl (C=O) groups excluding carboxylic acids is 2. The zero-order valence-corrected chi connectivity index (χ0v) is 15.0. The van der Waals surface area contributed by atoms with Crippen LogP contribution in [0.4, 0.5) is 4.39 Å². The molecule has 134 valence electrons. The minimum absolute atomic E-state index is 0.0502. The average Bonchev–Trinajstić information content (AvgIpc) is 3.23. The maximum atomic E-state index is 13.1. The summed E-state index contributed by atoms with van der Waals surface area (Å²) in [5.41, 5.74) is 1.48. The van der Waals surface area contributed by atoms with E-state index in [4.69, 9.17) is 9.15 Å². The van der Waals surface area contributed by atoms with E-state index in [2.05, 4.69) is 4.98 Å². The number of hydrogen-bond donors (Lipinski definition) is 0. The minimum Gasteiger partial charge on any atom is -0.438 e. The Morgan fingerprint density at radius 1 is 1.38 bits per heavy atom. The fourth-order valence-corrected chi connectivity index (χ4v) is 3.57. The number of halogens is 1. The number of nitrogens with zero attached hydrogens (tertiary/aromatic N) is 1. The molecule has 1 aromatic carbocycles. The van der Waals surface area contributed by atoms with Gasteiger partial charge in [0.1, 0.15) is 5.82 Å². The van der Waals surface area contributed by atoms with Crippen molar-refractivity contribution in [3.05, 3.63) is 58.5 Å². The van der Waals surface area contributed by atoms with Crippen molar-refractivity contribution in [1.29, 1.82) is 0 Å². The highest BCUT2D eigenvalue weighted by Crippen LogP contribution is 2.36. The lowest BCUT2D eigenvalue weighted by Gasteiger charge is -2.13. The number of aryl methyl sites for hydroxylation is 1. The number of carbonyl (C=O) groups is 2. The van der Waals surface area contributed by atoms with Gasteiger partial charge < -0.3 is 9.15 Å². The number of aromatic nitrogens is 1. The maximum Gasteiger partial charge on any atom is 0.320 e. The number of aldehydes is 1. The van der Waals surface area contributed by atoms with Gasteiger partial charge in [-0.2, -0.15) is 4.98 Å². The summed E-state index contributed by atoms with van der Waals surface area (Å²) in [6.07, 6.45) is 2.45. The standard InChI is InChI=1S/C19H16FNO4S/c1-3-14(12-4-6-13(20)7-5-12)19(23)25-18-17(24-10-21-18)15-8-11(2)16(9-22)26-15/h4-10,14H,3H2,1-2H3. The molecule has 0 amide bonds. The predicted octanol–water partition coefficient (Wildman–Crippen LogP) is 4.76. The largest absolute Gasteiger partial charge is 0.438 e. The second-order valence-corrected chi connectivity index (χ2v) is 6.78. The van der Waals surface area contributed by atoms with Crippen molar-refractivity contribution in [3.8, 4) is 16.5 Å². The predicted molar refractivity (Wildman–Crippen MR) is 95.0 cm³/mol. The molecule has 3 aromatic rings. The molecule has 0 aliphatic rings. The Bertz CT molecular complexity index is 929. The van der Waals surface area contributed by atoms with Crippen molar-refractivity contribution in [1.82, 2.24) is 4.98 Å². The lowest BCUT2D eigenvalue weighted by Crippen LogP contribution is -2.18. The molecule has 2 heterocycles. The zero-order chi connectivity index (χ0) is 18.7. The van der Waals surface area contributed by atoms with Crippen molar-refractivity contribution in [2.24, 2.45) is 0 Å². The molecule has 0 bridgehead atoms. The van der Waals surface area contributed by atoms with Crippen molar-refractivity contribution in [2.45, 2.75) is 26.2 Å². The molecule has 0 saturated heterocycles. The summed E-state index contributed by atoms with van der Waals surface area (Å²) in [6.45, 7) is 3.66. The summed E-state index contributed by atoms with van der Waals surface area (Å²) in [5, 5.41) is 0. The van der Waals surface area contributed by atoms with E-state index in [1.165, 1.54) is 29.9 Å². The SMILES string of the molecule is CCC(C(=O)Oc1ncoc1-c1cc(C)c(C=O)s1)c1ccc(F)cc1. The van der Waals surface area contributed by atoms with Crippen LogP contribution in [0.2, 0.25) is 0 Å². The Labute approximate surface area is 153 Å². The number of thiophene rings is 1. The van der Waals surface area contributed by atoms with Gasteiger partial charge in [0, 0.05) is 0 Å². The average molecular weight is 373 g/mol. The summed E-state index contributed by atoms with van der Waals surface area (Å²) in [5.74, 6) is -1.06. The second-order valence-electron chi connectivity index (χ2n) is 5.70. The fourth-order valence-electron chi connectivity index (χ4n) is 2.60. The van der Waals surface area contributed by atoms with Crippen LogP contribution in [-0.4, -0.2) is 17.2 Å². The summed E-state index contributed by atoms with van der Waals surface area (Å²) in [4.78, 5) is 28.8. The van der Waals surface area contributed by atoms with Crippen LogP contribution in [0.5, 0.6) is 5.88 Å². The second kappa shape index (κ2) is 7.61. The molecule has 5 nitrogen and oxygen atoms in total. The van der Waals surface area contributed by atoms with Gasteiger partial charge in [-0.05, 0) is 42.7 Å². The van der Waals surface area contributed by atoms with E-state index >= 15 is 0 Å². The molecule has 0 N–H and O–H groups in total. The van der Waals surface area contributed by atoms with Gasteiger partial charge in [0.2, 0.25) is 5.76 Å². The lowest BCUT2D eigenvalue weighted by molar-refractivity contribution is -0.136. The number of oxazole rings is 1. The van der Waals surface area contributed by atoms with Gasteiger partial charge in [-0.1, -0.05) is 19.1 Å². The molecule has 3 rings (SSSR count). The summed E-state index contributed by atoms with van der Waals surface area (Å²) in [6, 6.07) is 7.52. The highest BCUT2D eigenvalue weighted by atomic mass is 32.1. The van der Waals surface area contributed by atoms with E-state index in [1.54, 1.807) is 18.2 Å². The molecule has 1 atom stereocenters. The van der Waals surface area contributed by atoms with Crippen LogP contribution in [0, 0.1) is 12.7 Å². The van der Waals surface area contributed by atoms with Gasteiger partial charge in [0.25, 0.3) is 5.88 Å². The van der Waals surface area contributed by atoms with Gasteiger partial charge >= 0.3 is 5.97 Å². The van der Waals surface area contributed by atoms with Crippen LogP contribution in [0.25, 0.3) is 10.6 Å². The summed E-state index contributed by atoms with van der Waals surface area (Å²) >= 11 is 1.24. The number of rotatable bonds is 6. The van der Waals surface area contributed by atoms with E-state index < -0.39 is 11.9 Å². The van der Waals surface area contributed by atoms with Crippen LogP contribution in [0.1, 0.15) is 40.1 Å². The Kier molecular flexibility index (Phi) is 5.27. The van der Waals surface area contributed by atoms with Gasteiger partial charge in [-0.25, -0.2) is 4.39 Å². The minimum atomic E-state index is -0.546. The Balaban J connectivity index is 1.84. The molecule has 0 spiro atoms. The topological polar surface area (TPSA) is 69.4 Å². The maximum absolute atomic E-state index is 13.1. The van der Waals surface area contributed by atoms with E-state index in [-0.39, 0.29) is 11.7 Å². The summed E-state index contributed by atoms with van der Waals surface area (Å²) < 4.78 is 23.9. The Hall–Kier alpha value is -2.80. The van der Waals surface area contributed by atoms with Gasteiger partial charge in [-0.15, -0.1) is 11.3 Å². The van der Waals surface area contributed by atoms with Gasteiger partial charge in [0.05, 0.1) is 15.7 Å². The van der Waals surface area contributed by atoms with Crippen LogP contribution in [0.3, 0.4) is 0 Å². The number of hydrogen-bond acceptors (Lipinski definition) is 6. The van der Waals surface area contributed by atoms with E-state index in [0.29, 0.717) is 27.5 Å². The van der Waals surface area contributed by atoms with E-state index in [0.717, 1.165) is 11.8 Å². The molecule has 0 radical (unpaired) electrons. The molecule has 2 aromatic heterocycles. The highest BCUT2D eigenvalue weighted by molar-refractivity contribution is 7.17. The van der Waals surface area contributed by atoms with Crippen molar-refractivity contribution >= 4 is 23.6 Å². The van der Waals surface area contributed by atoms with Crippen molar-refractivity contribution in [3.63, 3.8) is 0 Å². The molecule has 1 unspecified atom stereocenters. The molecule has 7 heteroatoms. The number of esters is 1. The molecular formula is C19H16FNO4S. The Morgan fingerprint density at radius 2 is 2.12 bits per heavy atom. The molecule has 0 aliphatic heterocycles. The van der Waals surface area contributed by atoms with Crippen LogP contribution in [-0.2, 0) is 4.79 Å². The molecule has 0 saturated carbocycles. The molecule has 0 aliphatic carbocycles. The third-order valence-corrected chi connectivity index (χ3v) is 5.15. The number of benzene rings is 1. The third kappa shape index (κ3) is 3.57. The quantitative estimate of drug-likeness (QED) is 0.460. The first-order valence-corrected chi connectivity index (χ1v) is 8.81. The zero-order valence-electron chi connectivity index (χ0n) is 14.2. The molecular weight excluding hydrogens is 357 g/mol. The first-order chi connectivity index (χ1) is 12.5. The van der Waals surface area contributed by atoms with Crippen LogP contribution in [0.15, 0.2) is 41.1 Å². The first kappa shape index (κ1) is 18.0. The monoisotopic (exact) mass is 373 g/mol.